The molecule has 12 heteroatoms. The molecule has 4 N–H and O–H groups in total. The first-order chi connectivity index (χ1) is 18.3. The van der Waals surface area contributed by atoms with Crippen LogP contribution in [0.5, 0.6) is 0 Å². The van der Waals surface area contributed by atoms with E-state index in [1.54, 1.807) is 0 Å². The molecule has 3 aromatic heterocycles. The van der Waals surface area contributed by atoms with Crippen LogP contribution in [0.1, 0.15) is 26.0 Å². The van der Waals surface area contributed by atoms with Crippen LogP contribution in [0.3, 0.4) is 0 Å². The minimum atomic E-state index is -0.0763. The second-order valence-corrected chi connectivity index (χ2v) is 10.7. The van der Waals surface area contributed by atoms with Gasteiger partial charge in [0.25, 0.3) is 0 Å². The van der Waals surface area contributed by atoms with Crippen molar-refractivity contribution in [1.82, 2.24) is 34.8 Å². The predicted molar refractivity (Wildman–Crippen MR) is 147 cm³/mol. The molecule has 0 spiro atoms. The van der Waals surface area contributed by atoms with E-state index in [9.17, 15) is 9.59 Å². The average molecular weight is 534 g/mol. The van der Waals surface area contributed by atoms with Gasteiger partial charge in [-0.25, -0.2) is 4.98 Å². The molecular formula is C26H31N9O2S. The number of amides is 2. The second-order valence-electron chi connectivity index (χ2n) is 9.69. The van der Waals surface area contributed by atoms with E-state index >= 15 is 0 Å². The van der Waals surface area contributed by atoms with Gasteiger partial charge in [-0.2, -0.15) is 10.1 Å². The molecule has 0 bridgehead atoms. The summed E-state index contributed by atoms with van der Waals surface area (Å²) in [6, 6.07) is 13.5. The van der Waals surface area contributed by atoms with E-state index in [0.29, 0.717) is 30.0 Å². The third-order valence-corrected chi connectivity index (χ3v) is 7.04. The predicted octanol–water partition coefficient (Wildman–Crippen LogP) is 3.44. The molecule has 1 aromatic carbocycles. The van der Waals surface area contributed by atoms with Gasteiger partial charge in [0.15, 0.2) is 11.0 Å². The quantitative estimate of drug-likeness (QED) is 0.257. The lowest BCUT2D eigenvalue weighted by atomic mass is 10.2. The van der Waals surface area contributed by atoms with Crippen LogP contribution in [0.25, 0.3) is 5.65 Å². The summed E-state index contributed by atoms with van der Waals surface area (Å²) < 4.78 is 1.87. The van der Waals surface area contributed by atoms with E-state index in [4.69, 9.17) is 0 Å². The monoisotopic (exact) mass is 533 g/mol. The Balaban J connectivity index is 1.17. The first-order valence-corrected chi connectivity index (χ1v) is 13.4. The van der Waals surface area contributed by atoms with Crippen molar-refractivity contribution >= 4 is 46.7 Å². The molecule has 1 aliphatic rings. The summed E-state index contributed by atoms with van der Waals surface area (Å²) in [6.45, 7) is 7.46. The minimum absolute atomic E-state index is 0.0399. The lowest BCUT2D eigenvalue weighted by molar-refractivity contribution is -0.124. The highest BCUT2D eigenvalue weighted by Gasteiger charge is 2.25. The van der Waals surface area contributed by atoms with Crippen molar-refractivity contribution in [3.8, 4) is 0 Å². The van der Waals surface area contributed by atoms with Crippen LogP contribution < -0.4 is 16.0 Å². The first kappa shape index (κ1) is 25.7. The molecule has 1 aliphatic heterocycles. The molecule has 0 unspecified atom stereocenters. The van der Waals surface area contributed by atoms with E-state index in [1.165, 1.54) is 11.8 Å². The Labute approximate surface area is 224 Å². The highest BCUT2D eigenvalue weighted by Crippen LogP contribution is 2.28. The van der Waals surface area contributed by atoms with Crippen LogP contribution in [-0.4, -0.2) is 67.0 Å². The highest BCUT2D eigenvalue weighted by molar-refractivity contribution is 7.99. The summed E-state index contributed by atoms with van der Waals surface area (Å²) in [7, 11) is 0. The number of aromatic nitrogens is 5. The Bertz CT molecular complexity index is 1430. The molecule has 2 amide bonds. The summed E-state index contributed by atoms with van der Waals surface area (Å²) in [6.07, 6.45) is 2.75. The Morgan fingerprint density at radius 3 is 2.74 bits per heavy atom. The molecule has 0 saturated carbocycles. The minimum Gasteiger partial charge on any atom is -0.352 e. The number of hydrogen-bond donors (Lipinski definition) is 4. The standard InChI is InChI=1S/C26H31N9O2S/c1-16(2)24(37)28-19-10-12-34(14-19)15-23(36)27-18-6-8-20(9-7-18)38-26-30-22-5-4-11-35(22)25(31-26)29-21-13-17(3)32-33-21/h4-9,11,13,16,19H,10,12,14-15H2,1-3H3,(H,27,36)(H,28,37)(H2,29,30,31,32,33)/t19-/m1/s1. The number of nitrogens with one attached hydrogen (secondary N) is 4. The van der Waals surface area contributed by atoms with Crippen molar-refractivity contribution < 1.29 is 9.59 Å². The number of aromatic amines is 1. The molecule has 4 aromatic rings. The average Bonchev–Trinajstić information content (AvgIpc) is 3.62. The maximum Gasteiger partial charge on any atom is 0.238 e. The molecule has 5 rings (SSSR count). The zero-order valence-corrected chi connectivity index (χ0v) is 22.4. The number of fused-ring (bicyclic) bond motifs is 1. The summed E-state index contributed by atoms with van der Waals surface area (Å²) >= 11 is 1.44. The molecule has 1 saturated heterocycles. The maximum atomic E-state index is 12.6. The van der Waals surface area contributed by atoms with Crippen LogP contribution in [0.15, 0.2) is 58.7 Å². The van der Waals surface area contributed by atoms with E-state index < -0.39 is 0 Å². The fraction of sp³-hybridized carbons (Fsp3) is 0.346. The van der Waals surface area contributed by atoms with E-state index in [-0.39, 0.29) is 23.8 Å². The zero-order valence-electron chi connectivity index (χ0n) is 21.6. The second kappa shape index (κ2) is 11.2. The van der Waals surface area contributed by atoms with Gasteiger partial charge >= 0.3 is 0 Å². The Kier molecular flexibility index (Phi) is 7.61. The molecule has 11 nitrogen and oxygen atoms in total. The number of hydrogen-bond acceptors (Lipinski definition) is 8. The van der Waals surface area contributed by atoms with Crippen LogP contribution in [0.4, 0.5) is 17.5 Å². The molecule has 4 heterocycles. The SMILES string of the molecule is Cc1cc(Nc2nc(Sc3ccc(NC(=O)CN4CC[C@@H](NC(=O)C(C)C)C4)cc3)nc3cccn23)n[nH]1. The molecule has 0 radical (unpaired) electrons. The molecule has 1 fully saturated rings. The maximum absolute atomic E-state index is 12.6. The normalized spacial score (nSPS) is 15.7. The van der Waals surface area contributed by atoms with Gasteiger partial charge in [-0.3, -0.25) is 24.0 Å². The van der Waals surface area contributed by atoms with Crippen LogP contribution in [0, 0.1) is 12.8 Å². The topological polar surface area (TPSA) is 132 Å². The van der Waals surface area contributed by atoms with Crippen molar-refractivity contribution in [2.24, 2.45) is 5.92 Å². The lowest BCUT2D eigenvalue weighted by Gasteiger charge is -2.17. The number of carbonyl (C=O) groups is 2. The molecule has 0 aliphatic carbocycles. The number of benzene rings is 1. The number of H-pyrrole nitrogens is 1. The zero-order chi connectivity index (χ0) is 26.6. The van der Waals surface area contributed by atoms with Gasteiger partial charge in [0, 0.05) is 53.6 Å². The van der Waals surface area contributed by atoms with Crippen LogP contribution >= 0.6 is 11.8 Å². The van der Waals surface area contributed by atoms with Gasteiger partial charge in [-0.1, -0.05) is 13.8 Å². The first-order valence-electron chi connectivity index (χ1n) is 12.6. The number of aryl methyl sites for hydroxylation is 1. The van der Waals surface area contributed by atoms with Gasteiger partial charge in [-0.15, -0.1) is 0 Å². The van der Waals surface area contributed by atoms with E-state index in [2.05, 4.69) is 41.0 Å². The number of anilines is 3. The largest absolute Gasteiger partial charge is 0.352 e. The molecule has 198 valence electrons. The Morgan fingerprint density at radius 1 is 1.18 bits per heavy atom. The number of nitrogens with zero attached hydrogens (tertiary/aromatic N) is 5. The summed E-state index contributed by atoms with van der Waals surface area (Å²) in [5.41, 5.74) is 2.45. The van der Waals surface area contributed by atoms with Crippen molar-refractivity contribution in [1.29, 1.82) is 0 Å². The van der Waals surface area contributed by atoms with E-state index in [1.807, 2.05) is 73.8 Å². The van der Waals surface area contributed by atoms with Gasteiger partial charge in [0.2, 0.25) is 17.8 Å². The summed E-state index contributed by atoms with van der Waals surface area (Å²) in [4.78, 5) is 36.9. The van der Waals surface area contributed by atoms with Crippen LogP contribution in [0.2, 0.25) is 0 Å². The van der Waals surface area contributed by atoms with E-state index in [0.717, 1.165) is 34.9 Å². The van der Waals surface area contributed by atoms with Gasteiger partial charge in [0.1, 0.15) is 5.65 Å². The Morgan fingerprint density at radius 2 is 2.00 bits per heavy atom. The highest BCUT2D eigenvalue weighted by atomic mass is 32.2. The van der Waals surface area contributed by atoms with Crippen molar-refractivity contribution in [3.63, 3.8) is 0 Å². The van der Waals surface area contributed by atoms with Gasteiger partial charge in [-0.05, 0) is 61.5 Å². The van der Waals surface area contributed by atoms with Gasteiger partial charge in [0.05, 0.1) is 6.54 Å². The van der Waals surface area contributed by atoms with Gasteiger partial charge < -0.3 is 16.0 Å². The van der Waals surface area contributed by atoms with Crippen LogP contribution in [-0.2, 0) is 9.59 Å². The summed E-state index contributed by atoms with van der Waals surface area (Å²) in [5, 5.41) is 17.0. The third kappa shape index (κ3) is 6.32. The fourth-order valence-electron chi connectivity index (χ4n) is 4.22. The molecular weight excluding hydrogens is 502 g/mol. The number of rotatable bonds is 9. The molecule has 1 atom stereocenters. The third-order valence-electron chi connectivity index (χ3n) is 6.17. The smallest absolute Gasteiger partial charge is 0.238 e. The molecule has 38 heavy (non-hydrogen) atoms. The summed E-state index contributed by atoms with van der Waals surface area (Å²) in [5.74, 6) is 1.23. The van der Waals surface area contributed by atoms with Crippen molar-refractivity contribution in [3.05, 3.63) is 54.4 Å². The fourth-order valence-corrected chi connectivity index (χ4v) is 4.97. The van der Waals surface area contributed by atoms with Crippen molar-refractivity contribution in [2.75, 3.05) is 30.3 Å². The number of likely N-dealkylation sites (tertiary alicyclic amines) is 1. The lowest BCUT2D eigenvalue weighted by Crippen LogP contribution is -2.40. The number of carbonyl (C=O) groups excluding carboxylic acids is 2. The van der Waals surface area contributed by atoms with Crippen molar-refractivity contribution in [2.45, 2.75) is 43.3 Å². The Hall–Kier alpha value is -3.90.